The van der Waals surface area contributed by atoms with Gasteiger partial charge in [0.2, 0.25) is 5.89 Å². The van der Waals surface area contributed by atoms with E-state index in [9.17, 15) is 0 Å². The molecule has 0 aliphatic rings. The van der Waals surface area contributed by atoms with Crippen molar-refractivity contribution in [1.82, 2.24) is 10.1 Å². The van der Waals surface area contributed by atoms with Gasteiger partial charge >= 0.3 is 0 Å². The van der Waals surface area contributed by atoms with E-state index < -0.39 is 0 Å². The molecule has 0 saturated carbocycles. The Hall–Kier alpha value is -0.550. The number of nitrogens with two attached hydrogens (primary N) is 1. The first-order valence-corrected chi connectivity index (χ1v) is 7.56. The van der Waals surface area contributed by atoms with Crippen LogP contribution in [0.25, 0.3) is 0 Å². The van der Waals surface area contributed by atoms with Gasteiger partial charge in [-0.3, -0.25) is 0 Å². The lowest BCUT2D eigenvalue weighted by molar-refractivity contribution is 0.285. The van der Waals surface area contributed by atoms with Crippen LogP contribution in [-0.4, -0.2) is 21.4 Å². The van der Waals surface area contributed by atoms with Crippen molar-refractivity contribution in [3.8, 4) is 0 Å². The summed E-state index contributed by atoms with van der Waals surface area (Å²) < 4.78 is 5.24. The summed E-state index contributed by atoms with van der Waals surface area (Å²) in [6.07, 6.45) is 1.80. The molecule has 0 amide bonds. The molecule has 0 radical (unpaired) electrons. The lowest BCUT2D eigenvalue weighted by atomic mass is 9.85. The highest BCUT2D eigenvalue weighted by atomic mass is 32.2. The van der Waals surface area contributed by atoms with E-state index in [0.717, 1.165) is 18.0 Å². The molecule has 0 aliphatic carbocycles. The van der Waals surface area contributed by atoms with Crippen molar-refractivity contribution in [2.24, 2.45) is 11.1 Å². The average Bonchev–Trinajstić information content (AvgIpc) is 2.72. The third kappa shape index (κ3) is 4.98. The third-order valence-electron chi connectivity index (χ3n) is 3.09. The van der Waals surface area contributed by atoms with Gasteiger partial charge in [0.05, 0.1) is 5.75 Å². The molecule has 0 aromatic carbocycles. The zero-order valence-electron chi connectivity index (χ0n) is 12.1. The predicted octanol–water partition coefficient (Wildman–Crippen LogP) is 3.02. The first-order chi connectivity index (χ1) is 8.32. The highest BCUT2D eigenvalue weighted by Gasteiger charge is 2.23. The van der Waals surface area contributed by atoms with Gasteiger partial charge < -0.3 is 10.3 Å². The molecule has 0 saturated heterocycles. The Morgan fingerprint density at radius 2 is 2.06 bits per heavy atom. The summed E-state index contributed by atoms with van der Waals surface area (Å²) in [5.41, 5.74) is 6.16. The number of hydrogen-bond donors (Lipinski definition) is 1. The van der Waals surface area contributed by atoms with Gasteiger partial charge in [-0.2, -0.15) is 16.7 Å². The molecule has 0 aliphatic heterocycles. The van der Waals surface area contributed by atoms with Crippen LogP contribution in [-0.2, 0) is 12.2 Å². The zero-order valence-corrected chi connectivity index (χ0v) is 12.9. The maximum absolute atomic E-state index is 6.10. The van der Waals surface area contributed by atoms with E-state index in [1.54, 1.807) is 0 Å². The standard InChI is InChI=1S/C13H25N3OS/c1-6-9(2)18-8-11-15-12(17-16-11)7-10(14)13(3,4)5/h9-10H,6-8,14H2,1-5H3. The molecule has 18 heavy (non-hydrogen) atoms. The highest BCUT2D eigenvalue weighted by Crippen LogP contribution is 2.21. The van der Waals surface area contributed by atoms with Gasteiger partial charge in [0, 0.05) is 17.7 Å². The zero-order chi connectivity index (χ0) is 13.8. The summed E-state index contributed by atoms with van der Waals surface area (Å²) in [4.78, 5) is 4.39. The first kappa shape index (κ1) is 15.5. The van der Waals surface area contributed by atoms with Gasteiger partial charge in [0.15, 0.2) is 5.82 Å². The number of aromatic nitrogens is 2. The number of thioether (sulfide) groups is 1. The van der Waals surface area contributed by atoms with E-state index in [1.807, 2.05) is 11.8 Å². The molecule has 0 spiro atoms. The summed E-state index contributed by atoms with van der Waals surface area (Å²) in [7, 11) is 0. The Labute approximate surface area is 114 Å². The van der Waals surface area contributed by atoms with E-state index in [4.69, 9.17) is 10.3 Å². The normalized spacial score (nSPS) is 15.7. The minimum atomic E-state index is 0.0352. The smallest absolute Gasteiger partial charge is 0.228 e. The van der Waals surface area contributed by atoms with Crippen LogP contribution in [0.15, 0.2) is 4.52 Å². The van der Waals surface area contributed by atoms with Crippen LogP contribution in [0.2, 0.25) is 0 Å². The highest BCUT2D eigenvalue weighted by molar-refractivity contribution is 7.99. The monoisotopic (exact) mass is 271 g/mol. The molecular formula is C13H25N3OS. The van der Waals surface area contributed by atoms with Crippen LogP contribution < -0.4 is 5.73 Å². The number of nitrogens with zero attached hydrogens (tertiary/aromatic N) is 2. The molecule has 2 atom stereocenters. The van der Waals surface area contributed by atoms with E-state index >= 15 is 0 Å². The number of hydrogen-bond acceptors (Lipinski definition) is 5. The summed E-state index contributed by atoms with van der Waals surface area (Å²) in [5.74, 6) is 2.23. The van der Waals surface area contributed by atoms with Gasteiger partial charge in [0.1, 0.15) is 0 Å². The summed E-state index contributed by atoms with van der Waals surface area (Å²) in [5, 5.41) is 4.62. The van der Waals surface area contributed by atoms with Crippen LogP contribution in [0, 0.1) is 5.41 Å². The van der Waals surface area contributed by atoms with Gasteiger partial charge in [-0.25, -0.2) is 0 Å². The Kier molecular flexibility index (Phi) is 5.66. The molecule has 2 N–H and O–H groups in total. The van der Waals surface area contributed by atoms with Crippen molar-refractivity contribution < 1.29 is 4.52 Å². The van der Waals surface area contributed by atoms with Crippen LogP contribution >= 0.6 is 11.8 Å². The SMILES string of the molecule is CCC(C)SCc1noc(CC(N)C(C)(C)C)n1. The summed E-state index contributed by atoms with van der Waals surface area (Å²) >= 11 is 1.85. The van der Waals surface area contributed by atoms with Crippen LogP contribution in [0.4, 0.5) is 0 Å². The van der Waals surface area contributed by atoms with Crippen LogP contribution in [0.3, 0.4) is 0 Å². The molecular weight excluding hydrogens is 246 g/mol. The van der Waals surface area contributed by atoms with Crippen molar-refractivity contribution in [3.63, 3.8) is 0 Å². The molecule has 1 heterocycles. The maximum Gasteiger partial charge on any atom is 0.228 e. The summed E-state index contributed by atoms with van der Waals surface area (Å²) in [6, 6.07) is 0.0352. The molecule has 5 heteroatoms. The van der Waals surface area contributed by atoms with Crippen molar-refractivity contribution in [1.29, 1.82) is 0 Å². The Morgan fingerprint density at radius 1 is 1.39 bits per heavy atom. The Morgan fingerprint density at radius 3 is 2.61 bits per heavy atom. The molecule has 2 unspecified atom stereocenters. The van der Waals surface area contributed by atoms with E-state index in [2.05, 4.69) is 44.8 Å². The predicted molar refractivity (Wildman–Crippen MR) is 76.5 cm³/mol. The Bertz CT molecular complexity index is 359. The molecule has 104 valence electrons. The molecule has 1 aromatic heterocycles. The Balaban J connectivity index is 2.48. The first-order valence-electron chi connectivity index (χ1n) is 6.51. The number of rotatable bonds is 6. The van der Waals surface area contributed by atoms with Gasteiger partial charge in [-0.15, -0.1) is 0 Å². The van der Waals surface area contributed by atoms with Crippen LogP contribution in [0.5, 0.6) is 0 Å². The van der Waals surface area contributed by atoms with Gasteiger partial charge in [-0.1, -0.05) is 39.8 Å². The minimum Gasteiger partial charge on any atom is -0.339 e. The second-order valence-electron chi connectivity index (χ2n) is 5.81. The third-order valence-corrected chi connectivity index (χ3v) is 4.42. The van der Waals surface area contributed by atoms with Crippen molar-refractivity contribution in [2.75, 3.05) is 0 Å². The van der Waals surface area contributed by atoms with Crippen molar-refractivity contribution in [3.05, 3.63) is 11.7 Å². The molecule has 0 bridgehead atoms. The van der Waals surface area contributed by atoms with Crippen LogP contribution in [0.1, 0.15) is 52.8 Å². The largest absolute Gasteiger partial charge is 0.339 e. The second-order valence-corrected chi connectivity index (χ2v) is 7.24. The fourth-order valence-corrected chi connectivity index (χ4v) is 2.05. The lowest BCUT2D eigenvalue weighted by Gasteiger charge is -2.25. The molecule has 1 aromatic rings. The van der Waals surface area contributed by atoms with Gasteiger partial charge in [0.25, 0.3) is 0 Å². The minimum absolute atomic E-state index is 0.0352. The quantitative estimate of drug-likeness (QED) is 0.861. The fraction of sp³-hybridized carbons (Fsp3) is 0.846. The maximum atomic E-state index is 6.10. The van der Waals surface area contributed by atoms with Crippen molar-refractivity contribution in [2.45, 2.75) is 64.5 Å². The lowest BCUT2D eigenvalue weighted by Crippen LogP contribution is -2.36. The topological polar surface area (TPSA) is 64.9 Å². The molecule has 4 nitrogen and oxygen atoms in total. The average molecular weight is 271 g/mol. The van der Waals surface area contributed by atoms with E-state index in [-0.39, 0.29) is 11.5 Å². The molecule has 1 rings (SSSR count). The van der Waals surface area contributed by atoms with E-state index in [1.165, 1.54) is 0 Å². The van der Waals surface area contributed by atoms with Gasteiger partial charge in [-0.05, 0) is 11.8 Å². The second kappa shape index (κ2) is 6.57. The van der Waals surface area contributed by atoms with E-state index in [0.29, 0.717) is 17.6 Å². The van der Waals surface area contributed by atoms with Crippen molar-refractivity contribution >= 4 is 11.8 Å². The molecule has 0 fully saturated rings. The fourth-order valence-electron chi connectivity index (χ4n) is 1.26. The summed E-state index contributed by atoms with van der Waals surface area (Å²) in [6.45, 7) is 10.7.